The summed E-state index contributed by atoms with van der Waals surface area (Å²) in [5.74, 6) is -0.996. The Morgan fingerprint density at radius 3 is 2.35 bits per heavy atom. The van der Waals surface area contributed by atoms with E-state index in [1.54, 1.807) is 21.9 Å². The van der Waals surface area contributed by atoms with Gasteiger partial charge in [-0.05, 0) is 110 Å². The lowest BCUT2D eigenvalue weighted by atomic mass is 9.57. The summed E-state index contributed by atoms with van der Waals surface area (Å²) in [5.41, 5.74) is 5.27. The Morgan fingerprint density at radius 1 is 0.846 bits per heavy atom. The first-order valence-corrected chi connectivity index (χ1v) is 22.4. The Morgan fingerprint density at radius 2 is 1.62 bits per heavy atom. The fourth-order valence-corrected chi connectivity index (χ4v) is 11.1. The van der Waals surface area contributed by atoms with Gasteiger partial charge in [0.25, 0.3) is 11.5 Å². The van der Waals surface area contributed by atoms with Crippen molar-refractivity contribution < 1.29 is 27.9 Å². The number of fused-ring (bicyclic) bond motifs is 2. The summed E-state index contributed by atoms with van der Waals surface area (Å²) in [6.07, 6.45) is 3.82. The number of anilines is 3. The number of piperidine rings is 1. The van der Waals surface area contributed by atoms with E-state index in [1.807, 2.05) is 42.5 Å². The Hall–Kier alpha value is -6.86. The second kappa shape index (κ2) is 16.0. The SMILES string of the molecule is N#Cc1c(N2CC[C@@H](F)C2)ccc(F)c1Oc1ccc2ncn(-c3ccc(N4CC5(CC(CN6CCN(c7ccc8c(c7)CN([C@H]7CCC(=O)NC7=O)C8=O)CC6)C5)C4)cc3)c(=O)c2c1. The molecule has 1 aliphatic carbocycles. The molecule has 1 spiro atoms. The molecule has 4 aromatic carbocycles. The van der Waals surface area contributed by atoms with Gasteiger partial charge in [0.15, 0.2) is 11.6 Å². The molecule has 1 N–H and O–H groups in total. The molecule has 3 amide bonds. The highest BCUT2D eigenvalue weighted by Gasteiger charge is 2.52. The van der Waals surface area contributed by atoms with Crippen LogP contribution in [0.15, 0.2) is 83.9 Å². The minimum atomic E-state index is -1.02. The fourth-order valence-electron chi connectivity index (χ4n) is 11.1. The van der Waals surface area contributed by atoms with E-state index in [2.05, 4.69) is 31.1 Å². The average molecular weight is 880 g/mol. The quantitative estimate of drug-likeness (QED) is 0.186. The van der Waals surface area contributed by atoms with Crippen LogP contribution in [0.3, 0.4) is 0 Å². The minimum absolute atomic E-state index is 0.0297. The Balaban J connectivity index is 0.672. The third-order valence-electron chi connectivity index (χ3n) is 14.4. The number of imide groups is 1. The highest BCUT2D eigenvalue weighted by Crippen LogP contribution is 2.53. The van der Waals surface area contributed by atoms with Crippen molar-refractivity contribution in [3.8, 4) is 23.3 Å². The van der Waals surface area contributed by atoms with E-state index < -0.39 is 23.9 Å². The molecule has 65 heavy (non-hydrogen) atoms. The van der Waals surface area contributed by atoms with Crippen LogP contribution in [-0.4, -0.2) is 108 Å². The van der Waals surface area contributed by atoms with Gasteiger partial charge in [-0.3, -0.25) is 34.0 Å². The van der Waals surface area contributed by atoms with Crippen molar-refractivity contribution in [1.82, 2.24) is 24.7 Å². The lowest BCUT2D eigenvalue weighted by Crippen LogP contribution is -2.64. The van der Waals surface area contributed by atoms with Gasteiger partial charge in [-0.15, -0.1) is 0 Å². The Labute approximate surface area is 373 Å². The number of nitrogens with zero attached hydrogens (tertiary/aromatic N) is 8. The average Bonchev–Trinajstić information content (AvgIpc) is 3.87. The zero-order valence-corrected chi connectivity index (χ0v) is 35.7. The third kappa shape index (κ3) is 7.41. The first-order chi connectivity index (χ1) is 31.5. The van der Waals surface area contributed by atoms with Crippen molar-refractivity contribution in [2.45, 2.75) is 50.9 Å². The zero-order valence-electron chi connectivity index (χ0n) is 35.7. The van der Waals surface area contributed by atoms with Crippen molar-refractivity contribution in [2.24, 2.45) is 11.3 Å². The summed E-state index contributed by atoms with van der Waals surface area (Å²) in [6.45, 7) is 7.78. The predicted octanol–water partition coefficient (Wildman–Crippen LogP) is 5.54. The second-order valence-corrected chi connectivity index (χ2v) is 18.6. The van der Waals surface area contributed by atoms with E-state index in [4.69, 9.17) is 4.74 Å². The topological polar surface area (TPSA) is 147 Å². The number of aromatic nitrogens is 2. The highest BCUT2D eigenvalue weighted by atomic mass is 19.1. The van der Waals surface area contributed by atoms with Crippen molar-refractivity contribution in [3.63, 3.8) is 0 Å². The summed E-state index contributed by atoms with van der Waals surface area (Å²) in [6, 6.07) is 22.7. The molecular weight excluding hydrogens is 833 g/mol. The number of ether oxygens (including phenoxy) is 1. The molecule has 332 valence electrons. The van der Waals surface area contributed by atoms with Crippen LogP contribution in [0.1, 0.15) is 53.6 Å². The Bertz CT molecular complexity index is 2860. The second-order valence-electron chi connectivity index (χ2n) is 18.6. The number of nitrogens with one attached hydrogen (secondary N) is 1. The van der Waals surface area contributed by atoms with Gasteiger partial charge in [0.1, 0.15) is 35.9 Å². The molecule has 4 saturated heterocycles. The van der Waals surface area contributed by atoms with Gasteiger partial charge in [-0.2, -0.15) is 5.26 Å². The van der Waals surface area contributed by atoms with E-state index in [1.165, 1.54) is 41.9 Å². The number of rotatable bonds is 9. The number of halogens is 2. The molecule has 0 radical (unpaired) electrons. The monoisotopic (exact) mass is 879 g/mol. The van der Waals surface area contributed by atoms with Crippen LogP contribution in [0, 0.1) is 28.5 Å². The van der Waals surface area contributed by atoms with Crippen molar-refractivity contribution >= 4 is 45.7 Å². The lowest BCUT2D eigenvalue weighted by molar-refractivity contribution is -0.136. The van der Waals surface area contributed by atoms with E-state index in [9.17, 15) is 28.8 Å². The van der Waals surface area contributed by atoms with Gasteiger partial charge < -0.3 is 24.3 Å². The minimum Gasteiger partial charge on any atom is -0.453 e. The Kier molecular flexibility index (Phi) is 10.1. The molecule has 6 heterocycles. The normalized spacial score (nSPS) is 22.0. The summed E-state index contributed by atoms with van der Waals surface area (Å²) in [5, 5.41) is 12.6. The van der Waals surface area contributed by atoms with Gasteiger partial charge in [-0.25, -0.2) is 13.8 Å². The number of hydrogen-bond acceptors (Lipinski definition) is 11. The zero-order chi connectivity index (χ0) is 44.6. The highest BCUT2D eigenvalue weighted by molar-refractivity contribution is 6.05. The van der Waals surface area contributed by atoms with E-state index >= 15 is 4.39 Å². The van der Waals surface area contributed by atoms with Gasteiger partial charge in [0.2, 0.25) is 11.8 Å². The summed E-state index contributed by atoms with van der Waals surface area (Å²) >= 11 is 0. The molecule has 11 rings (SSSR count). The van der Waals surface area contributed by atoms with Crippen LogP contribution in [-0.2, 0) is 16.1 Å². The number of carbonyl (C=O) groups excluding carboxylic acids is 3. The van der Waals surface area contributed by atoms with Gasteiger partial charge >= 0.3 is 0 Å². The van der Waals surface area contributed by atoms with E-state index in [-0.39, 0.29) is 52.8 Å². The van der Waals surface area contributed by atoms with Gasteiger partial charge in [0, 0.05) is 94.2 Å². The number of carbonyl (C=O) groups is 3. The van der Waals surface area contributed by atoms with Crippen LogP contribution in [0.25, 0.3) is 16.6 Å². The van der Waals surface area contributed by atoms with Crippen molar-refractivity contribution in [2.75, 3.05) is 73.6 Å². The van der Waals surface area contributed by atoms with Crippen LogP contribution in [0.2, 0.25) is 0 Å². The number of benzene rings is 4. The number of piperazine rings is 1. The molecule has 16 heteroatoms. The first kappa shape index (κ1) is 40.9. The smallest absolute Gasteiger partial charge is 0.265 e. The molecule has 1 aromatic heterocycles. The van der Waals surface area contributed by atoms with E-state index in [0.29, 0.717) is 59.7 Å². The molecule has 5 fully saturated rings. The largest absolute Gasteiger partial charge is 0.453 e. The molecule has 6 aliphatic rings. The van der Waals surface area contributed by atoms with Gasteiger partial charge in [0.05, 0.1) is 22.3 Å². The third-order valence-corrected chi connectivity index (χ3v) is 14.4. The van der Waals surface area contributed by atoms with Crippen molar-refractivity contribution in [3.05, 3.63) is 112 Å². The van der Waals surface area contributed by atoms with Crippen LogP contribution >= 0.6 is 0 Å². The maximum atomic E-state index is 15.1. The maximum Gasteiger partial charge on any atom is 0.265 e. The fraction of sp³-hybridized carbons (Fsp3) is 0.388. The molecule has 14 nitrogen and oxygen atoms in total. The van der Waals surface area contributed by atoms with Crippen LogP contribution in [0.5, 0.6) is 11.5 Å². The summed E-state index contributed by atoms with van der Waals surface area (Å²) in [7, 11) is 0. The maximum absolute atomic E-state index is 15.1. The van der Waals surface area contributed by atoms with Crippen LogP contribution in [0.4, 0.5) is 25.8 Å². The summed E-state index contributed by atoms with van der Waals surface area (Å²) < 4.78 is 36.5. The molecule has 0 bridgehead atoms. The molecule has 5 aliphatic heterocycles. The molecule has 1 saturated carbocycles. The summed E-state index contributed by atoms with van der Waals surface area (Å²) in [4.78, 5) is 66.3. The van der Waals surface area contributed by atoms with Crippen LogP contribution < -0.4 is 30.3 Å². The van der Waals surface area contributed by atoms with Crippen molar-refractivity contribution in [1.29, 1.82) is 5.26 Å². The lowest BCUT2D eigenvalue weighted by Gasteiger charge is -2.60. The first-order valence-electron chi connectivity index (χ1n) is 22.4. The molecule has 0 unspecified atom stereocenters. The number of amides is 3. The number of nitriles is 1. The molecule has 2 atom stereocenters. The standard InChI is InChI=1S/C49H47F2N9O5/c50-32-13-14-57(26-32)42-10-8-40(51)45(39(42)23-52)65-36-6-9-41-38(20-36)48(64)60(29-53-41)34-3-1-33(2-4-34)58-27-49(28-58)21-30(22-49)24-55-15-17-56(18-16-55)35-5-7-37-31(19-35)25-59(47(37)63)43-11-12-44(61)54-46(43)62/h1-10,19-20,29-30,32,43H,11-18,21-22,24-28H2,(H,54,61,62)/t32-,43+/m1/s1. The molecule has 5 aromatic rings. The number of alkyl halides is 1. The van der Waals surface area contributed by atoms with E-state index in [0.717, 1.165) is 62.8 Å². The predicted molar refractivity (Wildman–Crippen MR) is 239 cm³/mol. The number of hydrogen-bond donors (Lipinski definition) is 1. The van der Waals surface area contributed by atoms with Gasteiger partial charge in [-0.1, -0.05) is 0 Å². The molecular formula is C49H47F2N9O5.